The lowest BCUT2D eigenvalue weighted by Gasteiger charge is -2.30. The van der Waals surface area contributed by atoms with E-state index in [-0.39, 0.29) is 12.1 Å². The minimum atomic E-state index is -3.49. The predicted octanol–water partition coefficient (Wildman–Crippen LogP) is -0.134. The molecule has 0 radical (unpaired) electrons. The van der Waals surface area contributed by atoms with E-state index in [1.165, 1.54) is 9.87 Å². The number of ether oxygens (including phenoxy) is 1. The molecule has 1 saturated heterocycles. The maximum Gasteiger partial charge on any atom is 0.280 e. The zero-order valence-corrected chi connectivity index (χ0v) is 12.9. The SMILES string of the molecule is CO[C@H]1CNCC1NS(=O)(=O)N1CCc2ccccc2C1. The van der Waals surface area contributed by atoms with Crippen LogP contribution in [0.15, 0.2) is 24.3 Å². The third kappa shape index (κ3) is 3.12. The van der Waals surface area contributed by atoms with Crippen LogP contribution in [-0.2, 0) is 27.9 Å². The monoisotopic (exact) mass is 311 g/mol. The van der Waals surface area contributed by atoms with Crippen LogP contribution in [0.25, 0.3) is 0 Å². The Hall–Kier alpha value is -0.990. The summed E-state index contributed by atoms with van der Waals surface area (Å²) >= 11 is 0. The van der Waals surface area contributed by atoms with Gasteiger partial charge < -0.3 is 10.1 Å². The summed E-state index contributed by atoms with van der Waals surface area (Å²) in [5.74, 6) is 0. The zero-order chi connectivity index (χ0) is 14.9. The summed E-state index contributed by atoms with van der Waals surface area (Å²) in [6, 6.07) is 7.79. The summed E-state index contributed by atoms with van der Waals surface area (Å²) in [6.45, 7) is 2.22. The van der Waals surface area contributed by atoms with E-state index in [0.29, 0.717) is 26.2 Å². The van der Waals surface area contributed by atoms with Gasteiger partial charge in [-0.05, 0) is 17.5 Å². The second-order valence-corrected chi connectivity index (χ2v) is 7.22. The summed E-state index contributed by atoms with van der Waals surface area (Å²) in [4.78, 5) is 0. The van der Waals surface area contributed by atoms with Crippen LogP contribution in [0.5, 0.6) is 0 Å². The number of rotatable bonds is 4. The molecule has 1 aromatic rings. The fraction of sp³-hybridized carbons (Fsp3) is 0.571. The minimum absolute atomic E-state index is 0.114. The van der Waals surface area contributed by atoms with Crippen LogP contribution in [0.4, 0.5) is 0 Å². The first-order valence-electron chi connectivity index (χ1n) is 7.18. The van der Waals surface area contributed by atoms with Crippen LogP contribution in [0.3, 0.4) is 0 Å². The molecule has 0 aliphatic carbocycles. The maximum atomic E-state index is 12.5. The number of fused-ring (bicyclic) bond motifs is 1. The average Bonchev–Trinajstić information content (AvgIpc) is 2.93. The van der Waals surface area contributed by atoms with Crippen molar-refractivity contribution in [1.29, 1.82) is 0 Å². The molecule has 0 saturated carbocycles. The Labute approximate surface area is 125 Å². The Morgan fingerprint density at radius 2 is 2.05 bits per heavy atom. The quantitative estimate of drug-likeness (QED) is 0.812. The molecule has 21 heavy (non-hydrogen) atoms. The van der Waals surface area contributed by atoms with Gasteiger partial charge in [0.25, 0.3) is 10.2 Å². The van der Waals surface area contributed by atoms with Crippen molar-refractivity contribution in [3.8, 4) is 0 Å². The van der Waals surface area contributed by atoms with Crippen molar-refractivity contribution in [2.75, 3.05) is 26.7 Å². The molecule has 2 N–H and O–H groups in total. The second kappa shape index (κ2) is 6.02. The molecule has 0 aromatic heterocycles. The fourth-order valence-electron chi connectivity index (χ4n) is 2.96. The van der Waals surface area contributed by atoms with Crippen molar-refractivity contribution in [3.05, 3.63) is 35.4 Å². The summed E-state index contributed by atoms with van der Waals surface area (Å²) in [6.07, 6.45) is 0.644. The Bertz CT molecular complexity index is 605. The molecule has 2 heterocycles. The fourth-order valence-corrected chi connectivity index (χ4v) is 4.37. The van der Waals surface area contributed by atoms with E-state index < -0.39 is 10.2 Å². The summed E-state index contributed by atoms with van der Waals surface area (Å²) < 4.78 is 34.7. The molecule has 1 fully saturated rings. The first-order valence-corrected chi connectivity index (χ1v) is 8.62. The topological polar surface area (TPSA) is 70.7 Å². The molecule has 1 aromatic carbocycles. The zero-order valence-electron chi connectivity index (χ0n) is 12.1. The van der Waals surface area contributed by atoms with E-state index in [0.717, 1.165) is 12.0 Å². The molecule has 2 aliphatic rings. The van der Waals surface area contributed by atoms with Crippen molar-refractivity contribution in [2.24, 2.45) is 0 Å². The lowest BCUT2D eigenvalue weighted by atomic mass is 10.0. The van der Waals surface area contributed by atoms with E-state index in [1.807, 2.05) is 18.2 Å². The van der Waals surface area contributed by atoms with Gasteiger partial charge in [0.2, 0.25) is 0 Å². The number of nitrogens with zero attached hydrogens (tertiary/aromatic N) is 1. The predicted molar refractivity (Wildman–Crippen MR) is 80.1 cm³/mol. The van der Waals surface area contributed by atoms with Gasteiger partial charge in [-0.2, -0.15) is 17.4 Å². The van der Waals surface area contributed by atoms with Gasteiger partial charge in [0, 0.05) is 33.3 Å². The molecule has 0 bridgehead atoms. The van der Waals surface area contributed by atoms with Crippen LogP contribution >= 0.6 is 0 Å². The van der Waals surface area contributed by atoms with Gasteiger partial charge in [0.15, 0.2) is 0 Å². The number of hydrogen-bond acceptors (Lipinski definition) is 4. The molecular formula is C14H21N3O3S. The van der Waals surface area contributed by atoms with Gasteiger partial charge in [0.1, 0.15) is 0 Å². The average molecular weight is 311 g/mol. The Kier molecular flexibility index (Phi) is 4.28. The van der Waals surface area contributed by atoms with E-state index in [2.05, 4.69) is 16.1 Å². The van der Waals surface area contributed by atoms with E-state index >= 15 is 0 Å². The smallest absolute Gasteiger partial charge is 0.280 e. The Balaban J connectivity index is 1.71. The number of hydrogen-bond donors (Lipinski definition) is 2. The largest absolute Gasteiger partial charge is 0.378 e. The first-order chi connectivity index (χ1) is 10.1. The van der Waals surface area contributed by atoms with Crippen molar-refractivity contribution in [2.45, 2.75) is 25.1 Å². The summed E-state index contributed by atoms with van der Waals surface area (Å²) in [5, 5.41) is 3.14. The third-order valence-electron chi connectivity index (χ3n) is 4.20. The highest BCUT2D eigenvalue weighted by molar-refractivity contribution is 7.87. The van der Waals surface area contributed by atoms with Crippen LogP contribution in [0, 0.1) is 0 Å². The van der Waals surface area contributed by atoms with Crippen molar-refractivity contribution in [3.63, 3.8) is 0 Å². The molecule has 3 rings (SSSR count). The Morgan fingerprint density at radius 3 is 2.81 bits per heavy atom. The van der Waals surface area contributed by atoms with E-state index in [4.69, 9.17) is 4.74 Å². The van der Waals surface area contributed by atoms with Crippen LogP contribution in [0.1, 0.15) is 11.1 Å². The standard InChI is InChI=1S/C14H21N3O3S/c1-20-14-9-15-8-13(14)16-21(18,19)17-7-6-11-4-2-3-5-12(11)10-17/h2-5,13-16H,6-10H2,1H3/t13?,14-/m0/s1. The van der Waals surface area contributed by atoms with Crippen molar-refractivity contribution in [1.82, 2.24) is 14.3 Å². The molecule has 1 unspecified atom stereocenters. The van der Waals surface area contributed by atoms with E-state index in [1.54, 1.807) is 7.11 Å². The molecule has 0 amide bonds. The minimum Gasteiger partial charge on any atom is -0.378 e. The first kappa shape index (κ1) is 14.9. The lowest BCUT2D eigenvalue weighted by molar-refractivity contribution is 0.102. The van der Waals surface area contributed by atoms with Gasteiger partial charge in [0.05, 0.1) is 12.1 Å². The van der Waals surface area contributed by atoms with Crippen LogP contribution in [-0.4, -0.2) is 51.6 Å². The molecule has 6 nitrogen and oxygen atoms in total. The Morgan fingerprint density at radius 1 is 1.29 bits per heavy atom. The molecular weight excluding hydrogens is 290 g/mol. The van der Waals surface area contributed by atoms with Gasteiger partial charge >= 0.3 is 0 Å². The van der Waals surface area contributed by atoms with Gasteiger partial charge in [-0.25, -0.2) is 0 Å². The highest BCUT2D eigenvalue weighted by Crippen LogP contribution is 2.20. The highest BCUT2D eigenvalue weighted by Gasteiger charge is 2.34. The number of benzene rings is 1. The van der Waals surface area contributed by atoms with Crippen LogP contribution < -0.4 is 10.0 Å². The van der Waals surface area contributed by atoms with Crippen molar-refractivity contribution >= 4 is 10.2 Å². The number of methoxy groups -OCH3 is 1. The van der Waals surface area contributed by atoms with E-state index in [9.17, 15) is 8.42 Å². The molecule has 0 spiro atoms. The van der Waals surface area contributed by atoms with Gasteiger partial charge in [-0.1, -0.05) is 24.3 Å². The van der Waals surface area contributed by atoms with Gasteiger partial charge in [-0.3, -0.25) is 0 Å². The third-order valence-corrected chi connectivity index (χ3v) is 5.79. The van der Waals surface area contributed by atoms with Crippen molar-refractivity contribution < 1.29 is 13.2 Å². The normalized spacial score (nSPS) is 26.7. The summed E-state index contributed by atoms with van der Waals surface area (Å²) in [7, 11) is -1.88. The van der Waals surface area contributed by atoms with Gasteiger partial charge in [-0.15, -0.1) is 0 Å². The number of nitrogens with one attached hydrogen (secondary N) is 2. The summed E-state index contributed by atoms with van der Waals surface area (Å²) in [5.41, 5.74) is 2.32. The maximum absolute atomic E-state index is 12.5. The molecule has 2 aliphatic heterocycles. The molecule has 116 valence electrons. The lowest BCUT2D eigenvalue weighted by Crippen LogP contribution is -2.50. The highest BCUT2D eigenvalue weighted by atomic mass is 32.2. The van der Waals surface area contributed by atoms with Crippen LogP contribution in [0.2, 0.25) is 0 Å². The molecule has 7 heteroatoms. The molecule has 2 atom stereocenters. The second-order valence-electron chi connectivity index (χ2n) is 5.51.